The van der Waals surface area contributed by atoms with Gasteiger partial charge < -0.3 is 10.1 Å². The van der Waals surface area contributed by atoms with Gasteiger partial charge in [0.1, 0.15) is 15.5 Å². The van der Waals surface area contributed by atoms with E-state index in [1.54, 1.807) is 16.8 Å². The molecule has 0 unspecified atom stereocenters. The topological polar surface area (TPSA) is 73.2 Å². The first kappa shape index (κ1) is 21.3. The molecule has 2 aromatic heterocycles. The zero-order chi connectivity index (χ0) is 22.1. The smallest absolute Gasteiger partial charge is 0.348 e. The second kappa shape index (κ2) is 8.66. The predicted molar refractivity (Wildman–Crippen MR) is 119 cm³/mol. The second-order valence-electron chi connectivity index (χ2n) is 6.53. The molecule has 4 rings (SSSR count). The molecule has 2 heterocycles. The van der Waals surface area contributed by atoms with Gasteiger partial charge in [0.2, 0.25) is 0 Å². The number of nitrogens with zero attached hydrogens (tertiary/aromatic N) is 2. The van der Waals surface area contributed by atoms with Crippen molar-refractivity contribution in [3.05, 3.63) is 75.0 Å². The van der Waals surface area contributed by atoms with Gasteiger partial charge in [0.15, 0.2) is 6.61 Å². The van der Waals surface area contributed by atoms with Crippen molar-refractivity contribution >= 4 is 62.3 Å². The minimum absolute atomic E-state index is 0.0530. The molecule has 0 saturated carbocycles. The summed E-state index contributed by atoms with van der Waals surface area (Å²) >= 11 is 13.1. The fourth-order valence-corrected chi connectivity index (χ4v) is 4.36. The second-order valence-corrected chi connectivity index (χ2v) is 8.40. The van der Waals surface area contributed by atoms with E-state index >= 15 is 0 Å². The van der Waals surface area contributed by atoms with Gasteiger partial charge in [0, 0.05) is 10.4 Å². The molecule has 4 aromatic rings. The summed E-state index contributed by atoms with van der Waals surface area (Å²) in [5.74, 6) is -2.02. The monoisotopic (exact) mass is 477 g/mol. The third kappa shape index (κ3) is 4.41. The summed E-state index contributed by atoms with van der Waals surface area (Å²) in [6.45, 7) is 1.26. The number of esters is 1. The van der Waals surface area contributed by atoms with E-state index in [4.69, 9.17) is 27.9 Å². The fraction of sp³-hybridized carbons (Fsp3) is 0.0952. The number of aryl methyl sites for hydroxylation is 1. The number of anilines is 1. The van der Waals surface area contributed by atoms with Crippen molar-refractivity contribution in [1.29, 1.82) is 0 Å². The number of ether oxygens (including phenoxy) is 1. The number of benzene rings is 2. The Kier molecular flexibility index (Phi) is 5.95. The number of hydrogen-bond acceptors (Lipinski definition) is 5. The molecular formula is C21H14Cl2FN3O3S. The number of hydrogen-bond donors (Lipinski definition) is 1. The number of thiophene rings is 1. The molecule has 158 valence electrons. The van der Waals surface area contributed by atoms with Crippen LogP contribution in [0.2, 0.25) is 10.0 Å². The van der Waals surface area contributed by atoms with Crippen LogP contribution in [0.1, 0.15) is 15.4 Å². The Morgan fingerprint density at radius 3 is 2.71 bits per heavy atom. The van der Waals surface area contributed by atoms with E-state index in [0.717, 1.165) is 22.0 Å². The molecule has 0 aliphatic carbocycles. The molecule has 0 saturated heterocycles. The van der Waals surface area contributed by atoms with Crippen molar-refractivity contribution in [3.63, 3.8) is 0 Å². The van der Waals surface area contributed by atoms with Crippen molar-refractivity contribution in [1.82, 2.24) is 9.78 Å². The first-order valence-electron chi connectivity index (χ1n) is 8.99. The first-order valence-corrected chi connectivity index (χ1v) is 10.6. The molecule has 0 fully saturated rings. The van der Waals surface area contributed by atoms with Crippen LogP contribution in [0.25, 0.3) is 15.9 Å². The normalized spacial score (nSPS) is 11.0. The maximum atomic E-state index is 13.8. The molecule has 1 amide bonds. The largest absolute Gasteiger partial charge is 0.451 e. The van der Waals surface area contributed by atoms with Gasteiger partial charge in [-0.05, 0) is 43.3 Å². The van der Waals surface area contributed by atoms with Crippen molar-refractivity contribution in [3.8, 4) is 5.69 Å². The van der Waals surface area contributed by atoms with Crippen molar-refractivity contribution in [2.45, 2.75) is 6.92 Å². The molecule has 1 N–H and O–H groups in total. The van der Waals surface area contributed by atoms with Crippen molar-refractivity contribution in [2.24, 2.45) is 0 Å². The van der Waals surface area contributed by atoms with Crippen LogP contribution in [0.15, 0.2) is 48.5 Å². The fourth-order valence-electron chi connectivity index (χ4n) is 2.91. The van der Waals surface area contributed by atoms with Gasteiger partial charge in [-0.1, -0.05) is 35.3 Å². The summed E-state index contributed by atoms with van der Waals surface area (Å²) in [4.78, 5) is 25.5. The molecule has 31 heavy (non-hydrogen) atoms. The Balaban J connectivity index is 1.49. The van der Waals surface area contributed by atoms with Crippen LogP contribution in [0.3, 0.4) is 0 Å². The number of halogens is 3. The minimum atomic E-state index is -0.684. The van der Waals surface area contributed by atoms with Crippen molar-refractivity contribution < 1.29 is 18.7 Å². The average Bonchev–Trinajstić information content (AvgIpc) is 3.30. The van der Waals surface area contributed by atoms with Gasteiger partial charge in [0.25, 0.3) is 5.91 Å². The molecule has 2 aromatic carbocycles. The molecule has 0 atom stereocenters. The summed E-state index contributed by atoms with van der Waals surface area (Å²) in [7, 11) is 0. The van der Waals surface area contributed by atoms with E-state index in [-0.39, 0.29) is 10.7 Å². The number of carbonyl (C=O) groups is 2. The lowest BCUT2D eigenvalue weighted by molar-refractivity contribution is -0.119. The molecule has 0 spiro atoms. The highest BCUT2D eigenvalue weighted by atomic mass is 35.5. The zero-order valence-corrected chi connectivity index (χ0v) is 18.3. The van der Waals surface area contributed by atoms with Crippen LogP contribution in [0, 0.1) is 12.7 Å². The van der Waals surface area contributed by atoms with E-state index < -0.39 is 24.3 Å². The van der Waals surface area contributed by atoms with Gasteiger partial charge in [-0.15, -0.1) is 11.3 Å². The third-order valence-electron chi connectivity index (χ3n) is 4.37. The Morgan fingerprint density at radius 1 is 1.19 bits per heavy atom. The van der Waals surface area contributed by atoms with E-state index in [9.17, 15) is 14.0 Å². The van der Waals surface area contributed by atoms with Crippen LogP contribution >= 0.6 is 34.5 Å². The Morgan fingerprint density at radius 2 is 1.97 bits per heavy atom. The summed E-state index contributed by atoms with van der Waals surface area (Å²) in [6.07, 6.45) is 0. The summed E-state index contributed by atoms with van der Waals surface area (Å²) in [6, 6.07) is 12.7. The van der Waals surface area contributed by atoms with Gasteiger partial charge in [0.05, 0.1) is 22.1 Å². The summed E-state index contributed by atoms with van der Waals surface area (Å²) in [5, 5.41) is 8.35. The van der Waals surface area contributed by atoms with Crippen molar-refractivity contribution in [2.75, 3.05) is 11.9 Å². The first-order chi connectivity index (χ1) is 14.8. The zero-order valence-electron chi connectivity index (χ0n) is 16.0. The number of amides is 1. The lowest BCUT2D eigenvalue weighted by Gasteiger charge is -2.07. The Labute approximate surface area is 190 Å². The van der Waals surface area contributed by atoms with Crippen LogP contribution in [0.5, 0.6) is 0 Å². The predicted octanol–water partition coefficient (Wildman–Crippen LogP) is 5.64. The van der Waals surface area contributed by atoms with Gasteiger partial charge in [-0.3, -0.25) is 4.79 Å². The number of fused-ring (bicyclic) bond motifs is 1. The standard InChI is InChI=1S/C21H14Cl2FN3O3S/c1-11-13-9-18(31-20(13)27(26-11)17-5-3-2-4-14(17)23)21(29)30-10-19(28)25-16-7-6-12(22)8-15(16)24/h2-9H,10H2,1H3,(H,25,28). The van der Waals surface area contributed by atoms with Crippen LogP contribution in [-0.2, 0) is 9.53 Å². The Hall–Kier alpha value is -2.94. The number of carbonyl (C=O) groups excluding carboxylic acids is 2. The van der Waals surface area contributed by atoms with Crippen LogP contribution < -0.4 is 5.32 Å². The molecule has 0 radical (unpaired) electrons. The average molecular weight is 478 g/mol. The third-order valence-corrected chi connectivity index (χ3v) is 6.01. The van der Waals surface area contributed by atoms with Crippen LogP contribution in [-0.4, -0.2) is 28.3 Å². The highest BCUT2D eigenvalue weighted by Gasteiger charge is 2.20. The van der Waals surface area contributed by atoms with E-state index in [2.05, 4.69) is 10.4 Å². The lowest BCUT2D eigenvalue weighted by Crippen LogP contribution is -2.21. The van der Waals surface area contributed by atoms with E-state index in [1.165, 1.54) is 23.5 Å². The van der Waals surface area contributed by atoms with Crippen LogP contribution in [0.4, 0.5) is 10.1 Å². The molecule has 0 bridgehead atoms. The van der Waals surface area contributed by atoms with Gasteiger partial charge in [-0.2, -0.15) is 5.10 Å². The summed E-state index contributed by atoms with van der Waals surface area (Å²) < 4.78 is 20.5. The highest BCUT2D eigenvalue weighted by Crippen LogP contribution is 2.32. The number of para-hydroxylation sites is 1. The highest BCUT2D eigenvalue weighted by molar-refractivity contribution is 7.20. The lowest BCUT2D eigenvalue weighted by atomic mass is 10.3. The molecule has 0 aliphatic rings. The summed E-state index contributed by atoms with van der Waals surface area (Å²) in [5.41, 5.74) is 1.36. The SMILES string of the molecule is Cc1nn(-c2ccccc2Cl)c2sc(C(=O)OCC(=O)Nc3ccc(Cl)cc3F)cc12. The number of aromatic nitrogens is 2. The molecule has 10 heteroatoms. The minimum Gasteiger partial charge on any atom is -0.451 e. The van der Waals surface area contributed by atoms with E-state index in [0.29, 0.717) is 15.6 Å². The Bertz CT molecular complexity index is 1320. The number of nitrogens with one attached hydrogen (secondary N) is 1. The number of rotatable bonds is 5. The molecule has 0 aliphatic heterocycles. The van der Waals surface area contributed by atoms with Gasteiger partial charge in [-0.25, -0.2) is 13.9 Å². The maximum absolute atomic E-state index is 13.8. The van der Waals surface area contributed by atoms with E-state index in [1.807, 2.05) is 25.1 Å². The molecular weight excluding hydrogens is 464 g/mol. The van der Waals surface area contributed by atoms with Gasteiger partial charge >= 0.3 is 5.97 Å². The maximum Gasteiger partial charge on any atom is 0.348 e. The quantitative estimate of drug-likeness (QED) is 0.377. The molecule has 6 nitrogen and oxygen atoms in total.